The molecule has 1 aromatic rings. The molecule has 0 unspecified atom stereocenters. The summed E-state index contributed by atoms with van der Waals surface area (Å²) in [6.45, 7) is 0. The summed E-state index contributed by atoms with van der Waals surface area (Å²) < 4.78 is 0. The Bertz CT molecular complexity index is 561. The lowest BCUT2D eigenvalue weighted by Gasteiger charge is -2.13. The normalized spacial score (nSPS) is 17.8. The van der Waals surface area contributed by atoms with Crippen molar-refractivity contribution in [3.63, 3.8) is 0 Å². The number of benzene rings is 1. The van der Waals surface area contributed by atoms with Crippen molar-refractivity contribution in [2.24, 2.45) is 0 Å². The monoisotopic (exact) mass is 246 g/mol. The Balaban J connectivity index is 2.10. The molecule has 3 rings (SSSR count). The van der Waals surface area contributed by atoms with Crippen molar-refractivity contribution in [3.8, 4) is 0 Å². The van der Waals surface area contributed by atoms with Gasteiger partial charge in [0, 0.05) is 10.7 Å². The second kappa shape index (κ2) is 3.93. The van der Waals surface area contributed by atoms with Gasteiger partial charge in [0.1, 0.15) is 0 Å². The molecule has 1 amide bonds. The second-order valence-electron chi connectivity index (χ2n) is 4.08. The van der Waals surface area contributed by atoms with Gasteiger partial charge in [0.15, 0.2) is 0 Å². The largest absolute Gasteiger partial charge is 0.353 e. The minimum Gasteiger partial charge on any atom is -0.353 e. The molecule has 1 aliphatic carbocycles. The average Bonchev–Trinajstić information content (AvgIpc) is 2.46. The topological polar surface area (TPSA) is 41.1 Å². The van der Waals surface area contributed by atoms with Crippen LogP contribution >= 0.6 is 11.6 Å². The highest BCUT2D eigenvalue weighted by atomic mass is 35.5. The Labute approximate surface area is 104 Å². The Hall–Kier alpha value is -1.74. The first-order chi connectivity index (χ1) is 8.24. The molecule has 0 radical (unpaired) electrons. The van der Waals surface area contributed by atoms with E-state index in [0.29, 0.717) is 10.6 Å². The van der Waals surface area contributed by atoms with E-state index in [-0.39, 0.29) is 5.91 Å². The summed E-state index contributed by atoms with van der Waals surface area (Å²) in [6.07, 6.45) is 5.89. The first-order valence-electron chi connectivity index (χ1n) is 5.52. The summed E-state index contributed by atoms with van der Waals surface area (Å²) in [5.41, 5.74) is 3.19. The van der Waals surface area contributed by atoms with Crippen LogP contribution < -0.4 is 10.6 Å². The van der Waals surface area contributed by atoms with Gasteiger partial charge >= 0.3 is 0 Å². The van der Waals surface area contributed by atoms with Gasteiger partial charge in [0.25, 0.3) is 5.91 Å². The second-order valence-corrected chi connectivity index (χ2v) is 4.52. The zero-order chi connectivity index (χ0) is 11.8. The third kappa shape index (κ3) is 1.83. The molecular formula is C13H11ClN2O. The molecular weight excluding hydrogens is 236 g/mol. The van der Waals surface area contributed by atoms with Gasteiger partial charge < -0.3 is 10.6 Å². The molecule has 0 atom stereocenters. The van der Waals surface area contributed by atoms with E-state index in [1.807, 2.05) is 12.1 Å². The zero-order valence-corrected chi connectivity index (χ0v) is 9.84. The van der Waals surface area contributed by atoms with E-state index in [2.05, 4.69) is 16.7 Å². The van der Waals surface area contributed by atoms with Crippen molar-refractivity contribution >= 4 is 28.9 Å². The van der Waals surface area contributed by atoms with Crippen LogP contribution in [-0.2, 0) is 4.79 Å². The van der Waals surface area contributed by atoms with Gasteiger partial charge in [-0.05, 0) is 31.0 Å². The maximum absolute atomic E-state index is 12.0. The molecule has 1 aromatic carbocycles. The van der Waals surface area contributed by atoms with Gasteiger partial charge in [-0.15, -0.1) is 0 Å². The lowest BCUT2D eigenvalue weighted by Crippen LogP contribution is -2.16. The smallest absolute Gasteiger partial charge is 0.257 e. The molecule has 4 heteroatoms. The number of hydrogen-bond acceptors (Lipinski definition) is 2. The Morgan fingerprint density at radius 2 is 1.88 bits per heavy atom. The summed E-state index contributed by atoms with van der Waals surface area (Å²) in [5.74, 6) is -0.0792. The van der Waals surface area contributed by atoms with E-state index in [0.717, 1.165) is 29.9 Å². The van der Waals surface area contributed by atoms with Crippen LogP contribution in [0.1, 0.15) is 12.8 Å². The Morgan fingerprint density at radius 1 is 1.06 bits per heavy atom. The van der Waals surface area contributed by atoms with Crippen LogP contribution in [0.4, 0.5) is 11.4 Å². The van der Waals surface area contributed by atoms with Crippen LogP contribution in [0.15, 0.2) is 41.6 Å². The van der Waals surface area contributed by atoms with Crippen LogP contribution in [0.2, 0.25) is 5.02 Å². The predicted molar refractivity (Wildman–Crippen MR) is 69.1 cm³/mol. The van der Waals surface area contributed by atoms with Crippen molar-refractivity contribution in [1.82, 2.24) is 0 Å². The molecule has 1 heterocycles. The molecule has 2 aliphatic rings. The molecule has 1 aliphatic heterocycles. The SMILES string of the molecule is O=C1Nc2cc(Cl)ccc2NC2=CCCC=C12. The molecule has 86 valence electrons. The summed E-state index contributed by atoms with van der Waals surface area (Å²) in [7, 11) is 0. The molecule has 0 fully saturated rings. The van der Waals surface area contributed by atoms with Crippen molar-refractivity contribution in [3.05, 3.63) is 46.6 Å². The van der Waals surface area contributed by atoms with Gasteiger partial charge in [-0.2, -0.15) is 0 Å². The first-order valence-corrected chi connectivity index (χ1v) is 5.90. The number of carbonyl (C=O) groups excluding carboxylic acids is 1. The van der Waals surface area contributed by atoms with Crippen molar-refractivity contribution in [1.29, 1.82) is 0 Å². The van der Waals surface area contributed by atoms with E-state index in [1.165, 1.54) is 0 Å². The number of rotatable bonds is 0. The van der Waals surface area contributed by atoms with E-state index in [4.69, 9.17) is 11.6 Å². The van der Waals surface area contributed by atoms with E-state index < -0.39 is 0 Å². The molecule has 0 spiro atoms. The maximum Gasteiger partial charge on any atom is 0.257 e. The van der Waals surface area contributed by atoms with Crippen LogP contribution in [0.3, 0.4) is 0 Å². The van der Waals surface area contributed by atoms with Crippen LogP contribution in [0.25, 0.3) is 0 Å². The molecule has 17 heavy (non-hydrogen) atoms. The van der Waals surface area contributed by atoms with Gasteiger partial charge in [0.2, 0.25) is 0 Å². The first kappa shape index (κ1) is 10.4. The fourth-order valence-corrected chi connectivity index (χ4v) is 2.24. The van der Waals surface area contributed by atoms with Crippen molar-refractivity contribution in [2.45, 2.75) is 12.8 Å². The highest BCUT2D eigenvalue weighted by Crippen LogP contribution is 2.33. The number of allylic oxidation sites excluding steroid dienone is 2. The average molecular weight is 247 g/mol. The minimum absolute atomic E-state index is 0.0792. The van der Waals surface area contributed by atoms with Crippen LogP contribution in [-0.4, -0.2) is 5.91 Å². The third-order valence-electron chi connectivity index (χ3n) is 2.90. The Morgan fingerprint density at radius 3 is 2.76 bits per heavy atom. The van der Waals surface area contributed by atoms with Gasteiger partial charge in [-0.25, -0.2) is 0 Å². The summed E-state index contributed by atoms with van der Waals surface area (Å²) in [6, 6.07) is 5.42. The summed E-state index contributed by atoms with van der Waals surface area (Å²) in [5, 5.41) is 6.75. The lowest BCUT2D eigenvalue weighted by molar-refractivity contribution is -0.112. The summed E-state index contributed by atoms with van der Waals surface area (Å²) in [4.78, 5) is 12.0. The molecule has 2 N–H and O–H groups in total. The van der Waals surface area contributed by atoms with Crippen molar-refractivity contribution in [2.75, 3.05) is 10.6 Å². The highest BCUT2D eigenvalue weighted by molar-refractivity contribution is 6.31. The zero-order valence-electron chi connectivity index (χ0n) is 9.09. The Kier molecular flexibility index (Phi) is 2.41. The van der Waals surface area contributed by atoms with Gasteiger partial charge in [-0.3, -0.25) is 4.79 Å². The number of amides is 1. The summed E-state index contributed by atoms with van der Waals surface area (Å²) >= 11 is 5.92. The molecule has 0 aromatic heterocycles. The third-order valence-corrected chi connectivity index (χ3v) is 3.13. The standard InChI is InChI=1S/C13H11ClN2O/c14-8-5-6-11-12(7-8)16-13(17)9-3-1-2-4-10(9)15-11/h3-7,15H,1-2H2,(H,16,17). The molecule has 0 bridgehead atoms. The van der Waals surface area contributed by atoms with E-state index in [9.17, 15) is 4.79 Å². The maximum atomic E-state index is 12.0. The van der Waals surface area contributed by atoms with Crippen LogP contribution in [0, 0.1) is 0 Å². The molecule has 3 nitrogen and oxygen atoms in total. The van der Waals surface area contributed by atoms with E-state index in [1.54, 1.807) is 12.1 Å². The van der Waals surface area contributed by atoms with Gasteiger partial charge in [0.05, 0.1) is 16.9 Å². The fourth-order valence-electron chi connectivity index (χ4n) is 2.07. The van der Waals surface area contributed by atoms with E-state index >= 15 is 0 Å². The number of halogens is 1. The predicted octanol–water partition coefficient (Wildman–Crippen LogP) is 3.31. The fraction of sp³-hybridized carbons (Fsp3) is 0.154. The van der Waals surface area contributed by atoms with Crippen LogP contribution in [0.5, 0.6) is 0 Å². The molecule has 0 saturated heterocycles. The highest BCUT2D eigenvalue weighted by Gasteiger charge is 2.22. The number of nitrogens with one attached hydrogen (secondary N) is 2. The number of fused-ring (bicyclic) bond motifs is 2. The minimum atomic E-state index is -0.0792. The van der Waals surface area contributed by atoms with Crippen molar-refractivity contribution < 1.29 is 4.79 Å². The number of anilines is 2. The molecule has 0 saturated carbocycles. The number of hydrogen-bond donors (Lipinski definition) is 2. The quantitative estimate of drug-likeness (QED) is 0.737. The number of carbonyl (C=O) groups is 1. The lowest BCUT2D eigenvalue weighted by atomic mass is 10.0. The van der Waals surface area contributed by atoms with Gasteiger partial charge in [-0.1, -0.05) is 23.8 Å².